The number of halogens is 2. The number of esters is 1. The maximum Gasteiger partial charge on any atom is 0.306 e. The van der Waals surface area contributed by atoms with Crippen molar-refractivity contribution in [3.63, 3.8) is 0 Å². The lowest BCUT2D eigenvalue weighted by atomic mass is 10.2. The van der Waals surface area contributed by atoms with Crippen LogP contribution in [0.1, 0.15) is 19.3 Å². The van der Waals surface area contributed by atoms with Crippen molar-refractivity contribution in [1.82, 2.24) is 0 Å². The average molecular weight is 393 g/mol. The van der Waals surface area contributed by atoms with E-state index in [4.69, 9.17) is 16.3 Å². The van der Waals surface area contributed by atoms with Gasteiger partial charge in [-0.05, 0) is 55.0 Å². The van der Waals surface area contributed by atoms with E-state index in [-0.39, 0.29) is 25.2 Å². The predicted molar refractivity (Wildman–Crippen MR) is 99.9 cm³/mol. The number of nitrogens with one attached hydrogen (secondary N) is 2. The standard InChI is InChI=1S/C19H18ClFN2O4/c20-13-4-8-15(9-5-13)23-18(25)12-27-19(26)3-1-2-17(24)22-16-10-6-14(21)7-11-16/h4-11H,1-3,12H2,(H,22,24)(H,23,25). The Labute approximate surface area is 160 Å². The Kier molecular flexibility index (Phi) is 7.76. The number of benzene rings is 2. The van der Waals surface area contributed by atoms with Crippen LogP contribution in [0.5, 0.6) is 0 Å². The van der Waals surface area contributed by atoms with Gasteiger partial charge in [0.25, 0.3) is 5.91 Å². The molecule has 0 radical (unpaired) electrons. The van der Waals surface area contributed by atoms with Crippen LogP contribution in [-0.2, 0) is 19.1 Å². The molecule has 27 heavy (non-hydrogen) atoms. The molecule has 0 aliphatic heterocycles. The van der Waals surface area contributed by atoms with E-state index in [1.807, 2.05) is 0 Å². The fourth-order valence-corrected chi connectivity index (χ4v) is 2.22. The van der Waals surface area contributed by atoms with Crippen molar-refractivity contribution in [3.05, 3.63) is 59.4 Å². The lowest BCUT2D eigenvalue weighted by Gasteiger charge is -2.07. The van der Waals surface area contributed by atoms with E-state index in [1.165, 1.54) is 24.3 Å². The summed E-state index contributed by atoms with van der Waals surface area (Å²) in [5.74, 6) is -1.73. The van der Waals surface area contributed by atoms with Crippen LogP contribution in [0, 0.1) is 5.82 Å². The van der Waals surface area contributed by atoms with Crippen LogP contribution >= 0.6 is 11.6 Å². The SMILES string of the molecule is O=C(CCCC(=O)OCC(=O)Nc1ccc(Cl)cc1)Nc1ccc(F)cc1. The molecular weight excluding hydrogens is 375 g/mol. The number of amides is 2. The largest absolute Gasteiger partial charge is 0.456 e. The molecule has 0 aliphatic rings. The molecule has 2 N–H and O–H groups in total. The van der Waals surface area contributed by atoms with Crippen molar-refractivity contribution in [1.29, 1.82) is 0 Å². The van der Waals surface area contributed by atoms with Crippen LogP contribution in [0.2, 0.25) is 5.02 Å². The van der Waals surface area contributed by atoms with Crippen LogP contribution in [0.3, 0.4) is 0 Å². The maximum absolute atomic E-state index is 12.8. The van der Waals surface area contributed by atoms with Crippen LogP contribution in [0.15, 0.2) is 48.5 Å². The monoisotopic (exact) mass is 392 g/mol. The van der Waals surface area contributed by atoms with Crippen LogP contribution < -0.4 is 10.6 Å². The van der Waals surface area contributed by atoms with Crippen molar-refractivity contribution in [2.75, 3.05) is 17.2 Å². The summed E-state index contributed by atoms with van der Waals surface area (Å²) in [6, 6.07) is 11.9. The van der Waals surface area contributed by atoms with Crippen LogP contribution in [-0.4, -0.2) is 24.4 Å². The zero-order valence-electron chi connectivity index (χ0n) is 14.3. The Bertz CT molecular complexity index is 794. The molecule has 2 rings (SSSR count). The molecule has 0 saturated heterocycles. The molecule has 0 aromatic heterocycles. The van der Waals surface area contributed by atoms with Gasteiger partial charge in [0.15, 0.2) is 6.61 Å². The second-order valence-electron chi connectivity index (χ2n) is 5.62. The number of carbonyl (C=O) groups is 3. The minimum absolute atomic E-state index is 0.00502. The van der Waals surface area contributed by atoms with Gasteiger partial charge in [-0.15, -0.1) is 0 Å². The summed E-state index contributed by atoms with van der Waals surface area (Å²) in [4.78, 5) is 35.1. The molecule has 0 unspecified atom stereocenters. The van der Waals surface area contributed by atoms with Crippen molar-refractivity contribution in [3.8, 4) is 0 Å². The van der Waals surface area contributed by atoms with E-state index in [2.05, 4.69) is 10.6 Å². The summed E-state index contributed by atoms with van der Waals surface area (Å²) in [6.45, 7) is -0.413. The third kappa shape index (κ3) is 7.87. The topological polar surface area (TPSA) is 84.5 Å². The fourth-order valence-electron chi connectivity index (χ4n) is 2.10. The number of hydrogen-bond acceptors (Lipinski definition) is 4. The highest BCUT2D eigenvalue weighted by atomic mass is 35.5. The van der Waals surface area contributed by atoms with Gasteiger partial charge in [-0.25, -0.2) is 4.39 Å². The average Bonchev–Trinajstić information content (AvgIpc) is 2.64. The number of anilines is 2. The Hall–Kier alpha value is -2.93. The smallest absolute Gasteiger partial charge is 0.306 e. The molecule has 0 bridgehead atoms. The summed E-state index contributed by atoms with van der Waals surface area (Å²) < 4.78 is 17.6. The van der Waals surface area contributed by atoms with Crippen molar-refractivity contribution < 1.29 is 23.5 Å². The molecule has 0 heterocycles. The van der Waals surface area contributed by atoms with Gasteiger partial charge in [0.05, 0.1) is 0 Å². The van der Waals surface area contributed by atoms with Gasteiger partial charge >= 0.3 is 5.97 Å². The summed E-state index contributed by atoms with van der Waals surface area (Å²) in [6.07, 6.45) is 0.374. The normalized spacial score (nSPS) is 10.1. The van der Waals surface area contributed by atoms with E-state index in [0.717, 1.165) is 0 Å². The molecule has 0 spiro atoms. The highest BCUT2D eigenvalue weighted by Crippen LogP contribution is 2.13. The molecule has 0 atom stereocenters. The molecule has 6 nitrogen and oxygen atoms in total. The van der Waals surface area contributed by atoms with E-state index in [9.17, 15) is 18.8 Å². The number of ether oxygens (including phenoxy) is 1. The first-order chi connectivity index (χ1) is 12.9. The molecule has 0 saturated carbocycles. The highest BCUT2D eigenvalue weighted by molar-refractivity contribution is 6.30. The van der Waals surface area contributed by atoms with Gasteiger partial charge in [0.1, 0.15) is 5.82 Å². The van der Waals surface area contributed by atoms with Crippen molar-refractivity contribution in [2.24, 2.45) is 0 Å². The Morgan fingerprint density at radius 2 is 1.41 bits per heavy atom. The van der Waals surface area contributed by atoms with E-state index in [0.29, 0.717) is 16.4 Å². The number of carbonyl (C=O) groups excluding carboxylic acids is 3. The zero-order valence-corrected chi connectivity index (χ0v) is 15.1. The summed E-state index contributed by atoms with van der Waals surface area (Å²) >= 11 is 5.75. The molecule has 2 aromatic carbocycles. The van der Waals surface area contributed by atoms with E-state index < -0.39 is 24.3 Å². The zero-order chi connectivity index (χ0) is 19.6. The van der Waals surface area contributed by atoms with Crippen LogP contribution in [0.25, 0.3) is 0 Å². The molecule has 0 fully saturated rings. The van der Waals surface area contributed by atoms with Crippen LogP contribution in [0.4, 0.5) is 15.8 Å². The van der Waals surface area contributed by atoms with Crippen molar-refractivity contribution in [2.45, 2.75) is 19.3 Å². The van der Waals surface area contributed by atoms with Gasteiger partial charge in [0.2, 0.25) is 5.91 Å². The molecule has 142 valence electrons. The van der Waals surface area contributed by atoms with Gasteiger partial charge < -0.3 is 15.4 Å². The third-order valence-corrected chi connectivity index (χ3v) is 3.66. The first-order valence-electron chi connectivity index (χ1n) is 8.19. The van der Waals surface area contributed by atoms with Crippen molar-refractivity contribution >= 4 is 40.8 Å². The summed E-state index contributed by atoms with van der Waals surface area (Å²) in [7, 11) is 0. The lowest BCUT2D eigenvalue weighted by molar-refractivity contribution is -0.147. The van der Waals surface area contributed by atoms with Gasteiger partial charge in [-0.3, -0.25) is 14.4 Å². The van der Waals surface area contributed by atoms with E-state index >= 15 is 0 Å². The Morgan fingerprint density at radius 1 is 0.852 bits per heavy atom. The maximum atomic E-state index is 12.8. The highest BCUT2D eigenvalue weighted by Gasteiger charge is 2.10. The van der Waals surface area contributed by atoms with Gasteiger partial charge in [0, 0.05) is 29.2 Å². The first-order valence-corrected chi connectivity index (χ1v) is 8.56. The molecular formula is C19H18ClFN2O4. The summed E-state index contributed by atoms with van der Waals surface area (Å²) in [5.41, 5.74) is 1.01. The first kappa shape index (κ1) is 20.4. The van der Waals surface area contributed by atoms with Gasteiger partial charge in [-0.2, -0.15) is 0 Å². The number of rotatable bonds is 8. The molecule has 0 aliphatic carbocycles. The molecule has 2 aromatic rings. The second kappa shape index (κ2) is 10.3. The predicted octanol–water partition coefficient (Wildman–Crippen LogP) is 3.77. The minimum Gasteiger partial charge on any atom is -0.456 e. The third-order valence-electron chi connectivity index (χ3n) is 3.40. The number of hydrogen-bond donors (Lipinski definition) is 2. The fraction of sp³-hybridized carbons (Fsp3) is 0.211. The second-order valence-corrected chi connectivity index (χ2v) is 6.06. The van der Waals surface area contributed by atoms with E-state index in [1.54, 1.807) is 24.3 Å². The quantitative estimate of drug-likeness (QED) is 0.670. The lowest BCUT2D eigenvalue weighted by Crippen LogP contribution is -2.21. The summed E-state index contributed by atoms with van der Waals surface area (Å²) in [5, 5.41) is 5.70. The Balaban J connectivity index is 1.61. The Morgan fingerprint density at radius 3 is 2.04 bits per heavy atom. The molecule has 2 amide bonds. The van der Waals surface area contributed by atoms with Gasteiger partial charge in [-0.1, -0.05) is 11.6 Å². The minimum atomic E-state index is -0.573. The molecule has 8 heteroatoms.